The van der Waals surface area contributed by atoms with Gasteiger partial charge in [-0.2, -0.15) is 0 Å². The van der Waals surface area contributed by atoms with Gasteiger partial charge in [-0.3, -0.25) is 18.8 Å². The smallest absolute Gasteiger partial charge is 0.263 e. The van der Waals surface area contributed by atoms with E-state index in [4.69, 9.17) is 9.72 Å². The molecular weight excluding hydrogens is 632 g/mol. The van der Waals surface area contributed by atoms with Crippen molar-refractivity contribution >= 4 is 28.8 Å². The number of hydrogen-bond acceptors (Lipinski definition) is 8. The van der Waals surface area contributed by atoms with Crippen LogP contribution in [0.2, 0.25) is 0 Å². The zero-order valence-electron chi connectivity index (χ0n) is 29.4. The van der Waals surface area contributed by atoms with E-state index in [1.54, 1.807) is 18.3 Å². The molecule has 0 spiro atoms. The molecule has 0 bridgehead atoms. The maximum absolute atomic E-state index is 14.2. The Labute approximate surface area is 287 Å². The molecule has 4 heterocycles. The van der Waals surface area contributed by atoms with Crippen LogP contribution in [0.5, 0.6) is 0 Å². The Balaban J connectivity index is 1.41. The van der Waals surface area contributed by atoms with Gasteiger partial charge in [-0.15, -0.1) is 0 Å². The molecular formula is C36H50F2N7O4+. The monoisotopic (exact) mass is 682 g/mol. The Morgan fingerprint density at radius 2 is 1.82 bits per heavy atom. The van der Waals surface area contributed by atoms with Crippen molar-refractivity contribution < 1.29 is 27.6 Å². The van der Waals surface area contributed by atoms with Crippen LogP contribution >= 0.6 is 0 Å². The van der Waals surface area contributed by atoms with Crippen LogP contribution in [0.4, 0.5) is 20.3 Å². The molecule has 11 nitrogen and oxygen atoms in total. The van der Waals surface area contributed by atoms with Crippen LogP contribution in [0.25, 0.3) is 5.65 Å². The summed E-state index contributed by atoms with van der Waals surface area (Å²) in [5.74, 6) is -1.71. The molecule has 0 unspecified atom stereocenters. The van der Waals surface area contributed by atoms with Gasteiger partial charge in [-0.25, -0.2) is 13.8 Å². The van der Waals surface area contributed by atoms with E-state index in [0.717, 1.165) is 42.4 Å². The molecule has 0 aliphatic carbocycles. The highest BCUT2D eigenvalue weighted by Gasteiger charge is 2.29. The number of likely N-dealkylation sites (N-methyl/N-ethyl adjacent to an activating group) is 1. The SMILES string of the molecule is CN(C)[C@@H]1CCN(C(=O)c2ccc3nc(N4CCOCC4)c(CCC(=O)[C@H](CCCC[N+](C)(C)C)Nc4ccc(F)c(F)c4)c(=O)n3c2)C1. The minimum Gasteiger partial charge on any atom is -0.378 e. The number of pyridine rings is 1. The fourth-order valence-electron chi connectivity index (χ4n) is 6.53. The summed E-state index contributed by atoms with van der Waals surface area (Å²) in [6, 6.07) is 6.55. The number of anilines is 2. The van der Waals surface area contributed by atoms with Gasteiger partial charge in [0.05, 0.1) is 58.1 Å². The van der Waals surface area contributed by atoms with Crippen LogP contribution in [-0.4, -0.2) is 129 Å². The first-order valence-corrected chi connectivity index (χ1v) is 17.2. The second-order valence-electron chi connectivity index (χ2n) is 14.4. The first-order valence-electron chi connectivity index (χ1n) is 17.2. The first-order chi connectivity index (χ1) is 23.3. The molecule has 2 aromatic heterocycles. The first kappa shape index (κ1) is 36.3. The normalized spacial score (nSPS) is 17.6. The number of morpholine rings is 1. The summed E-state index contributed by atoms with van der Waals surface area (Å²) in [7, 11) is 10.3. The number of hydrogen-bond donors (Lipinski definition) is 1. The summed E-state index contributed by atoms with van der Waals surface area (Å²) < 4.78 is 35.5. The number of quaternary nitrogens is 1. The second-order valence-corrected chi connectivity index (χ2v) is 14.4. The van der Waals surface area contributed by atoms with E-state index in [-0.39, 0.29) is 36.1 Å². The largest absolute Gasteiger partial charge is 0.378 e. The van der Waals surface area contributed by atoms with Crippen LogP contribution in [0.1, 0.15) is 48.0 Å². The topological polar surface area (TPSA) is 99.5 Å². The Morgan fingerprint density at radius 1 is 1.06 bits per heavy atom. The van der Waals surface area contributed by atoms with Crippen molar-refractivity contribution in [3.63, 3.8) is 0 Å². The molecule has 2 atom stereocenters. The molecule has 2 fully saturated rings. The van der Waals surface area contributed by atoms with E-state index in [1.165, 1.54) is 10.5 Å². The van der Waals surface area contributed by atoms with Crippen molar-refractivity contribution in [1.82, 2.24) is 19.2 Å². The van der Waals surface area contributed by atoms with Gasteiger partial charge < -0.3 is 29.2 Å². The molecule has 2 aliphatic rings. The zero-order valence-corrected chi connectivity index (χ0v) is 29.4. The average Bonchev–Trinajstić information content (AvgIpc) is 3.58. The molecule has 1 amide bonds. The molecule has 3 aromatic rings. The number of likely N-dealkylation sites (tertiary alicyclic amines) is 1. The van der Waals surface area contributed by atoms with E-state index in [1.807, 2.05) is 23.9 Å². The fraction of sp³-hybridized carbons (Fsp3) is 0.556. The van der Waals surface area contributed by atoms with Gasteiger partial charge in [0.1, 0.15) is 11.5 Å². The predicted molar refractivity (Wildman–Crippen MR) is 186 cm³/mol. The standard InChI is InChI=1S/C36H50F2N7O4/c1-41(2)27-15-16-43(24-27)35(47)25-9-14-33-40-34(42-17-20-49-21-18-42)28(36(48)44(33)23-25)11-13-32(46)31(8-6-7-19-45(3,4)5)39-26-10-12-29(37)30(38)22-26/h9-10,12,14,22-23,27,31,39H,6-8,11,13,15-21,24H2,1-5H3/q+1/t27-,31+/m1/s1. The summed E-state index contributed by atoms with van der Waals surface area (Å²) in [6.07, 6.45) is 4.75. The van der Waals surface area contributed by atoms with Crippen LogP contribution in [0, 0.1) is 11.6 Å². The van der Waals surface area contributed by atoms with Crippen LogP contribution in [-0.2, 0) is 16.0 Å². The number of carbonyl (C=O) groups excluding carboxylic acids is 2. The predicted octanol–water partition coefficient (Wildman–Crippen LogP) is 3.44. The third-order valence-electron chi connectivity index (χ3n) is 9.48. The van der Waals surface area contributed by atoms with E-state index in [2.05, 4.69) is 31.4 Å². The lowest BCUT2D eigenvalue weighted by atomic mass is 9.99. The lowest BCUT2D eigenvalue weighted by molar-refractivity contribution is -0.870. The van der Waals surface area contributed by atoms with Crippen LogP contribution < -0.4 is 15.8 Å². The summed E-state index contributed by atoms with van der Waals surface area (Å²) in [5.41, 5.74) is 1.21. The van der Waals surface area contributed by atoms with Gasteiger partial charge >= 0.3 is 0 Å². The van der Waals surface area contributed by atoms with Crippen molar-refractivity contribution in [2.75, 3.05) is 91.4 Å². The van der Waals surface area contributed by atoms with Crippen LogP contribution in [0.3, 0.4) is 0 Å². The number of fused-ring (bicyclic) bond motifs is 1. The Hall–Kier alpha value is -3.94. The van der Waals surface area contributed by atoms with Gasteiger partial charge in [-0.05, 0) is 70.5 Å². The van der Waals surface area contributed by atoms with Gasteiger partial charge in [-0.1, -0.05) is 0 Å². The number of ketones is 1. The van der Waals surface area contributed by atoms with Crippen molar-refractivity contribution in [3.05, 3.63) is 69.6 Å². The summed E-state index contributed by atoms with van der Waals surface area (Å²) in [4.78, 5) is 52.3. The molecule has 5 rings (SSSR count). The number of aromatic nitrogens is 2. The molecule has 1 aromatic carbocycles. The number of ether oxygens (including phenoxy) is 1. The molecule has 13 heteroatoms. The fourth-order valence-corrected chi connectivity index (χ4v) is 6.53. The number of nitrogens with zero attached hydrogens (tertiary/aromatic N) is 6. The summed E-state index contributed by atoms with van der Waals surface area (Å²) in [6.45, 7) is 4.27. The van der Waals surface area contributed by atoms with Gasteiger partial charge in [0.2, 0.25) is 0 Å². The number of unbranched alkanes of at least 4 members (excludes halogenated alkanes) is 1. The quantitative estimate of drug-likeness (QED) is 0.204. The third-order valence-corrected chi connectivity index (χ3v) is 9.48. The van der Waals surface area contributed by atoms with E-state index >= 15 is 0 Å². The number of Topliss-reactive ketones (excluding diaryl/α,β-unsaturated/α-hetero) is 1. The second kappa shape index (κ2) is 15.7. The minimum atomic E-state index is -0.994. The van der Waals surface area contributed by atoms with E-state index < -0.39 is 17.7 Å². The highest BCUT2D eigenvalue weighted by Crippen LogP contribution is 2.23. The maximum atomic E-state index is 14.2. The van der Waals surface area contributed by atoms with Gasteiger partial charge in [0.25, 0.3) is 11.5 Å². The summed E-state index contributed by atoms with van der Waals surface area (Å²) >= 11 is 0. The molecule has 2 saturated heterocycles. The molecule has 266 valence electrons. The van der Waals surface area contributed by atoms with Crippen molar-refractivity contribution in [1.29, 1.82) is 0 Å². The average molecular weight is 683 g/mol. The minimum absolute atomic E-state index is 0.0370. The third kappa shape index (κ3) is 9.20. The molecule has 0 radical (unpaired) electrons. The number of nitrogens with one attached hydrogen (secondary N) is 1. The lowest BCUT2D eigenvalue weighted by Gasteiger charge is -2.29. The van der Waals surface area contributed by atoms with Gasteiger partial charge in [0.15, 0.2) is 17.4 Å². The van der Waals surface area contributed by atoms with Crippen molar-refractivity contribution in [3.8, 4) is 0 Å². The molecule has 1 N–H and O–H groups in total. The molecule has 0 saturated carbocycles. The number of benzene rings is 1. The number of halogens is 2. The number of amides is 1. The van der Waals surface area contributed by atoms with Crippen LogP contribution in [0.15, 0.2) is 41.3 Å². The Bertz CT molecular complexity index is 1700. The summed E-state index contributed by atoms with van der Waals surface area (Å²) in [5, 5.41) is 3.13. The van der Waals surface area contributed by atoms with Crippen molar-refractivity contribution in [2.45, 2.75) is 50.6 Å². The van der Waals surface area contributed by atoms with E-state index in [0.29, 0.717) is 74.1 Å². The number of rotatable bonds is 14. The molecule has 2 aliphatic heterocycles. The van der Waals surface area contributed by atoms with E-state index in [9.17, 15) is 23.2 Å². The molecule has 49 heavy (non-hydrogen) atoms. The maximum Gasteiger partial charge on any atom is 0.263 e. The Morgan fingerprint density at radius 3 is 2.49 bits per heavy atom. The highest BCUT2D eigenvalue weighted by atomic mass is 19.2. The van der Waals surface area contributed by atoms with Crippen molar-refractivity contribution in [2.24, 2.45) is 0 Å². The zero-order chi connectivity index (χ0) is 35.3. The van der Waals surface area contributed by atoms with Gasteiger partial charge in [0, 0.05) is 56.6 Å². The number of carbonyl (C=O) groups is 2. The Kier molecular flexibility index (Phi) is 11.7. The lowest BCUT2D eigenvalue weighted by Crippen LogP contribution is -2.39. The highest BCUT2D eigenvalue weighted by molar-refractivity contribution is 5.94.